The van der Waals surface area contributed by atoms with Gasteiger partial charge in [-0.3, -0.25) is 4.79 Å². The molecule has 0 aliphatic rings. The minimum absolute atomic E-state index is 0.126. The average Bonchev–Trinajstić information content (AvgIpc) is 2.55. The van der Waals surface area contributed by atoms with Crippen LogP contribution in [0.5, 0.6) is 0 Å². The summed E-state index contributed by atoms with van der Waals surface area (Å²) in [5, 5.41) is 11.5. The molecule has 2 rings (SSSR count). The molecule has 2 aromatic carbocycles. The first-order valence-electron chi connectivity index (χ1n) is 6.85. The van der Waals surface area contributed by atoms with Crippen LogP contribution in [0.1, 0.15) is 16.5 Å². The van der Waals surface area contributed by atoms with Crippen LogP contribution in [0.15, 0.2) is 60.7 Å². The van der Waals surface area contributed by atoms with E-state index in [0.717, 1.165) is 11.1 Å². The summed E-state index contributed by atoms with van der Waals surface area (Å²) in [6.07, 6.45) is 0.571. The Morgan fingerprint density at radius 3 is 2.19 bits per heavy atom. The van der Waals surface area contributed by atoms with E-state index in [4.69, 9.17) is 11.6 Å². The van der Waals surface area contributed by atoms with Crippen LogP contribution in [0.25, 0.3) is 0 Å². The van der Waals surface area contributed by atoms with Gasteiger partial charge >= 0.3 is 0 Å². The molecule has 2 atom stereocenters. The molecule has 21 heavy (non-hydrogen) atoms. The topological polar surface area (TPSA) is 49.3 Å². The van der Waals surface area contributed by atoms with Crippen molar-refractivity contribution in [3.05, 3.63) is 71.8 Å². The first kappa shape index (κ1) is 15.5. The van der Waals surface area contributed by atoms with Crippen LogP contribution in [0.2, 0.25) is 0 Å². The van der Waals surface area contributed by atoms with Gasteiger partial charge in [-0.25, -0.2) is 0 Å². The quantitative estimate of drug-likeness (QED) is 0.806. The lowest BCUT2D eigenvalue weighted by molar-refractivity contribution is -0.121. The molecule has 3 nitrogen and oxygen atoms in total. The van der Waals surface area contributed by atoms with Gasteiger partial charge in [0.2, 0.25) is 5.91 Å². The third kappa shape index (κ3) is 4.59. The lowest BCUT2D eigenvalue weighted by Crippen LogP contribution is -2.40. The molecule has 0 aliphatic carbocycles. The summed E-state index contributed by atoms with van der Waals surface area (Å²) in [6.45, 7) is -0.126. The lowest BCUT2D eigenvalue weighted by Gasteiger charge is -2.18. The number of hydrogen-bond acceptors (Lipinski definition) is 2. The number of carbonyl (C=O) groups excluding carboxylic acids is 1. The summed E-state index contributed by atoms with van der Waals surface area (Å²) < 4.78 is 0. The van der Waals surface area contributed by atoms with Gasteiger partial charge in [0.15, 0.2) is 0 Å². The Morgan fingerprint density at radius 1 is 1.05 bits per heavy atom. The largest absolute Gasteiger partial charge is 0.394 e. The molecule has 2 aromatic rings. The van der Waals surface area contributed by atoms with Crippen molar-refractivity contribution in [1.82, 2.24) is 5.32 Å². The summed E-state index contributed by atoms with van der Waals surface area (Å²) in [5.41, 5.74) is 1.80. The van der Waals surface area contributed by atoms with Crippen molar-refractivity contribution < 1.29 is 9.90 Å². The summed E-state index contributed by atoms with van der Waals surface area (Å²) >= 11 is 6.17. The number of halogens is 1. The first-order valence-corrected chi connectivity index (χ1v) is 7.28. The standard InChI is InChI=1S/C17H18ClNO2/c18-16(14-9-5-2-6-10-14)17(21)19-15(12-20)11-13-7-3-1-4-8-13/h1-10,15-16,20H,11-12H2,(H,19,21)/t15-,16?/m0/s1. The van der Waals surface area contributed by atoms with E-state index in [9.17, 15) is 9.90 Å². The Morgan fingerprint density at radius 2 is 1.62 bits per heavy atom. The van der Waals surface area contributed by atoms with Crippen molar-refractivity contribution in [1.29, 1.82) is 0 Å². The summed E-state index contributed by atoms with van der Waals surface area (Å²) in [7, 11) is 0. The molecule has 4 heteroatoms. The second-order valence-electron chi connectivity index (χ2n) is 4.85. The van der Waals surface area contributed by atoms with Crippen molar-refractivity contribution in [3.63, 3.8) is 0 Å². The molecule has 0 fully saturated rings. The highest BCUT2D eigenvalue weighted by Crippen LogP contribution is 2.20. The molecule has 0 radical (unpaired) electrons. The van der Waals surface area contributed by atoms with Crippen LogP contribution in [0.4, 0.5) is 0 Å². The number of aliphatic hydroxyl groups excluding tert-OH is 1. The number of amides is 1. The maximum atomic E-state index is 12.1. The number of aliphatic hydroxyl groups is 1. The normalized spacial score (nSPS) is 13.4. The fourth-order valence-electron chi connectivity index (χ4n) is 2.11. The van der Waals surface area contributed by atoms with Gasteiger partial charge in [0, 0.05) is 0 Å². The van der Waals surface area contributed by atoms with Crippen molar-refractivity contribution in [2.24, 2.45) is 0 Å². The molecule has 0 saturated carbocycles. The highest BCUT2D eigenvalue weighted by atomic mass is 35.5. The fraction of sp³-hybridized carbons (Fsp3) is 0.235. The van der Waals surface area contributed by atoms with Gasteiger partial charge in [-0.1, -0.05) is 60.7 Å². The van der Waals surface area contributed by atoms with E-state index >= 15 is 0 Å². The molecule has 0 bridgehead atoms. The van der Waals surface area contributed by atoms with Gasteiger partial charge in [0.1, 0.15) is 5.38 Å². The number of nitrogens with one attached hydrogen (secondary N) is 1. The molecular formula is C17H18ClNO2. The van der Waals surface area contributed by atoms with Gasteiger partial charge < -0.3 is 10.4 Å². The first-order chi connectivity index (χ1) is 10.2. The van der Waals surface area contributed by atoms with E-state index in [1.807, 2.05) is 60.7 Å². The van der Waals surface area contributed by atoms with Crippen LogP contribution in [0, 0.1) is 0 Å². The molecular weight excluding hydrogens is 286 g/mol. The minimum atomic E-state index is -0.754. The van der Waals surface area contributed by atoms with Crippen LogP contribution in [-0.2, 0) is 11.2 Å². The molecule has 2 N–H and O–H groups in total. The summed E-state index contributed by atoms with van der Waals surface area (Å²) in [5.74, 6) is -0.294. The number of alkyl halides is 1. The third-order valence-corrected chi connectivity index (χ3v) is 3.66. The lowest BCUT2D eigenvalue weighted by atomic mass is 10.1. The number of carbonyl (C=O) groups is 1. The molecule has 0 heterocycles. The van der Waals surface area contributed by atoms with Gasteiger partial charge in [-0.05, 0) is 17.5 Å². The average molecular weight is 304 g/mol. The van der Waals surface area contributed by atoms with Crippen LogP contribution in [0.3, 0.4) is 0 Å². The van der Waals surface area contributed by atoms with Crippen molar-refractivity contribution in [3.8, 4) is 0 Å². The maximum Gasteiger partial charge on any atom is 0.242 e. The molecule has 110 valence electrons. The Balaban J connectivity index is 1.96. The van der Waals surface area contributed by atoms with E-state index < -0.39 is 5.38 Å². The van der Waals surface area contributed by atoms with E-state index in [-0.39, 0.29) is 18.6 Å². The van der Waals surface area contributed by atoms with E-state index in [1.165, 1.54) is 0 Å². The fourth-order valence-corrected chi connectivity index (χ4v) is 2.32. The minimum Gasteiger partial charge on any atom is -0.394 e. The van der Waals surface area contributed by atoms with Crippen molar-refractivity contribution >= 4 is 17.5 Å². The Labute approximate surface area is 129 Å². The second-order valence-corrected chi connectivity index (χ2v) is 5.29. The zero-order valence-corrected chi connectivity index (χ0v) is 12.3. The smallest absolute Gasteiger partial charge is 0.242 e. The Bertz CT molecular complexity index is 560. The van der Waals surface area contributed by atoms with E-state index in [1.54, 1.807) is 0 Å². The summed E-state index contributed by atoms with van der Waals surface area (Å²) in [6, 6.07) is 18.5. The van der Waals surface area contributed by atoms with Crippen molar-refractivity contribution in [2.75, 3.05) is 6.61 Å². The van der Waals surface area contributed by atoms with Crippen LogP contribution < -0.4 is 5.32 Å². The molecule has 0 spiro atoms. The monoisotopic (exact) mass is 303 g/mol. The SMILES string of the molecule is O=C(N[C@H](CO)Cc1ccccc1)C(Cl)c1ccccc1. The van der Waals surface area contributed by atoms with E-state index in [0.29, 0.717) is 6.42 Å². The zero-order chi connectivity index (χ0) is 15.1. The van der Waals surface area contributed by atoms with Gasteiger partial charge in [0.25, 0.3) is 0 Å². The van der Waals surface area contributed by atoms with E-state index in [2.05, 4.69) is 5.32 Å². The Hall–Kier alpha value is -1.84. The number of benzene rings is 2. The summed E-state index contributed by atoms with van der Waals surface area (Å²) in [4.78, 5) is 12.1. The number of rotatable bonds is 6. The highest BCUT2D eigenvalue weighted by molar-refractivity contribution is 6.30. The maximum absolute atomic E-state index is 12.1. The van der Waals surface area contributed by atoms with Gasteiger partial charge in [0.05, 0.1) is 12.6 Å². The predicted octanol–water partition coefficient (Wildman–Crippen LogP) is 2.69. The molecule has 0 aromatic heterocycles. The van der Waals surface area contributed by atoms with Crippen molar-refractivity contribution in [2.45, 2.75) is 17.8 Å². The second kappa shape index (κ2) is 7.81. The van der Waals surface area contributed by atoms with Crippen LogP contribution >= 0.6 is 11.6 Å². The zero-order valence-electron chi connectivity index (χ0n) is 11.6. The predicted molar refractivity (Wildman–Crippen MR) is 84.2 cm³/mol. The third-order valence-electron chi connectivity index (χ3n) is 3.21. The van der Waals surface area contributed by atoms with Crippen LogP contribution in [-0.4, -0.2) is 23.7 Å². The highest BCUT2D eigenvalue weighted by Gasteiger charge is 2.20. The molecule has 1 unspecified atom stereocenters. The molecule has 1 amide bonds. The number of hydrogen-bond donors (Lipinski definition) is 2. The molecule has 0 saturated heterocycles. The molecule has 0 aliphatic heterocycles. The Kier molecular flexibility index (Phi) is 5.78. The van der Waals surface area contributed by atoms with Gasteiger partial charge in [-0.15, -0.1) is 11.6 Å². The van der Waals surface area contributed by atoms with Gasteiger partial charge in [-0.2, -0.15) is 0 Å².